The Bertz CT molecular complexity index is 578. The third kappa shape index (κ3) is 3.44. The van der Waals surface area contributed by atoms with Gasteiger partial charge in [-0.3, -0.25) is 4.79 Å². The van der Waals surface area contributed by atoms with Crippen molar-refractivity contribution in [1.29, 1.82) is 0 Å². The normalized spacial score (nSPS) is 10.7. The zero-order chi connectivity index (χ0) is 13.8. The molecule has 4 nitrogen and oxygen atoms in total. The number of aromatic nitrogens is 1. The van der Waals surface area contributed by atoms with Crippen molar-refractivity contribution < 1.29 is 13.9 Å². The molecule has 1 aromatic heterocycles. The van der Waals surface area contributed by atoms with Gasteiger partial charge < -0.3 is 9.15 Å². The molecule has 0 atom stereocenters. The van der Waals surface area contributed by atoms with E-state index < -0.39 is 0 Å². The van der Waals surface area contributed by atoms with Crippen molar-refractivity contribution in [2.45, 2.75) is 26.4 Å². The Hall–Kier alpha value is -1.62. The standard InChI is InChI=1S/C14H14BrNO3/c1-9(2)13-6-16-14(19-13)8-18-12-4-3-11(15)5-10(12)7-17/h3-7,9H,8H2,1-2H3. The first-order valence-corrected chi connectivity index (χ1v) is 6.71. The molecule has 0 fully saturated rings. The van der Waals surface area contributed by atoms with E-state index in [4.69, 9.17) is 9.15 Å². The number of rotatable bonds is 5. The topological polar surface area (TPSA) is 52.3 Å². The molecule has 0 aliphatic rings. The molecule has 1 heterocycles. The largest absolute Gasteiger partial charge is 0.483 e. The molecule has 0 saturated carbocycles. The van der Waals surface area contributed by atoms with Crippen LogP contribution in [0.25, 0.3) is 0 Å². The number of carbonyl (C=O) groups is 1. The van der Waals surface area contributed by atoms with Crippen LogP contribution in [0.2, 0.25) is 0 Å². The van der Waals surface area contributed by atoms with Gasteiger partial charge in [-0.1, -0.05) is 29.8 Å². The van der Waals surface area contributed by atoms with Gasteiger partial charge in [-0.15, -0.1) is 0 Å². The molecule has 19 heavy (non-hydrogen) atoms. The van der Waals surface area contributed by atoms with Crippen molar-refractivity contribution in [2.75, 3.05) is 0 Å². The predicted molar refractivity (Wildman–Crippen MR) is 74.5 cm³/mol. The number of nitrogens with zero attached hydrogens (tertiary/aromatic N) is 1. The first kappa shape index (κ1) is 13.8. The molecule has 2 aromatic rings. The van der Waals surface area contributed by atoms with E-state index in [0.717, 1.165) is 16.5 Å². The number of hydrogen-bond acceptors (Lipinski definition) is 4. The number of halogens is 1. The Morgan fingerprint density at radius 2 is 2.26 bits per heavy atom. The van der Waals surface area contributed by atoms with Gasteiger partial charge in [0.15, 0.2) is 12.9 Å². The lowest BCUT2D eigenvalue weighted by molar-refractivity contribution is 0.111. The molecule has 0 N–H and O–H groups in total. The van der Waals surface area contributed by atoms with Gasteiger partial charge >= 0.3 is 0 Å². The zero-order valence-corrected chi connectivity index (χ0v) is 12.3. The quantitative estimate of drug-likeness (QED) is 0.782. The number of ether oxygens (including phenoxy) is 1. The smallest absolute Gasteiger partial charge is 0.232 e. The Morgan fingerprint density at radius 1 is 1.47 bits per heavy atom. The van der Waals surface area contributed by atoms with Crippen LogP contribution >= 0.6 is 15.9 Å². The van der Waals surface area contributed by atoms with E-state index in [2.05, 4.69) is 20.9 Å². The summed E-state index contributed by atoms with van der Waals surface area (Å²) in [6.07, 6.45) is 2.46. The van der Waals surface area contributed by atoms with Crippen LogP contribution in [0.4, 0.5) is 0 Å². The summed E-state index contributed by atoms with van der Waals surface area (Å²) in [4.78, 5) is 15.1. The molecule has 1 aromatic carbocycles. The first-order valence-electron chi connectivity index (χ1n) is 5.92. The number of oxazole rings is 1. The molecule has 0 spiro atoms. The molecule has 2 rings (SSSR count). The predicted octanol–water partition coefficient (Wildman–Crippen LogP) is 3.95. The Morgan fingerprint density at radius 3 is 2.89 bits per heavy atom. The molecular weight excluding hydrogens is 310 g/mol. The lowest BCUT2D eigenvalue weighted by atomic mass is 10.2. The third-order valence-corrected chi connectivity index (χ3v) is 3.08. The van der Waals surface area contributed by atoms with Crippen LogP contribution in [0.15, 0.2) is 33.3 Å². The second-order valence-corrected chi connectivity index (χ2v) is 5.32. The third-order valence-electron chi connectivity index (χ3n) is 2.59. The summed E-state index contributed by atoms with van der Waals surface area (Å²) in [6, 6.07) is 5.26. The van der Waals surface area contributed by atoms with Gasteiger partial charge in [-0.2, -0.15) is 0 Å². The van der Waals surface area contributed by atoms with E-state index in [9.17, 15) is 4.79 Å². The second kappa shape index (κ2) is 6.02. The van der Waals surface area contributed by atoms with Crippen LogP contribution in [-0.4, -0.2) is 11.3 Å². The Kier molecular flexibility index (Phi) is 4.37. The molecule has 0 aliphatic heterocycles. The number of aldehydes is 1. The highest BCUT2D eigenvalue weighted by molar-refractivity contribution is 9.10. The van der Waals surface area contributed by atoms with Crippen molar-refractivity contribution in [3.63, 3.8) is 0 Å². The minimum absolute atomic E-state index is 0.204. The fourth-order valence-corrected chi connectivity index (χ4v) is 1.92. The van der Waals surface area contributed by atoms with E-state index in [1.165, 1.54) is 0 Å². The first-order chi connectivity index (χ1) is 9.10. The molecular formula is C14H14BrNO3. The SMILES string of the molecule is CC(C)c1cnc(COc2ccc(Br)cc2C=O)o1. The summed E-state index contributed by atoms with van der Waals surface area (Å²) < 4.78 is 11.9. The summed E-state index contributed by atoms with van der Waals surface area (Å²) >= 11 is 3.31. The van der Waals surface area contributed by atoms with E-state index >= 15 is 0 Å². The van der Waals surface area contributed by atoms with Crippen LogP contribution in [0.3, 0.4) is 0 Å². The van der Waals surface area contributed by atoms with Crippen molar-refractivity contribution >= 4 is 22.2 Å². The van der Waals surface area contributed by atoms with E-state index in [1.807, 2.05) is 19.9 Å². The maximum atomic E-state index is 10.9. The highest BCUT2D eigenvalue weighted by Crippen LogP contribution is 2.23. The van der Waals surface area contributed by atoms with Gasteiger partial charge in [-0.05, 0) is 18.2 Å². The van der Waals surface area contributed by atoms with E-state index in [1.54, 1.807) is 18.3 Å². The van der Waals surface area contributed by atoms with E-state index in [0.29, 0.717) is 23.1 Å². The lowest BCUT2D eigenvalue weighted by Crippen LogP contribution is -1.98. The van der Waals surface area contributed by atoms with Crippen molar-refractivity contribution in [2.24, 2.45) is 0 Å². The summed E-state index contributed by atoms with van der Waals surface area (Å²) in [5, 5.41) is 0. The second-order valence-electron chi connectivity index (χ2n) is 4.40. The monoisotopic (exact) mass is 323 g/mol. The van der Waals surface area contributed by atoms with Crippen molar-refractivity contribution in [3.8, 4) is 5.75 Å². The fourth-order valence-electron chi connectivity index (χ4n) is 1.54. The van der Waals surface area contributed by atoms with Crippen molar-refractivity contribution in [1.82, 2.24) is 4.98 Å². The fraction of sp³-hybridized carbons (Fsp3) is 0.286. The Balaban J connectivity index is 2.07. The number of carbonyl (C=O) groups excluding carboxylic acids is 1. The van der Waals surface area contributed by atoms with Gasteiger partial charge in [0.25, 0.3) is 0 Å². The number of benzene rings is 1. The molecule has 0 bridgehead atoms. The zero-order valence-electron chi connectivity index (χ0n) is 10.7. The summed E-state index contributed by atoms with van der Waals surface area (Å²) in [5.41, 5.74) is 0.491. The number of hydrogen-bond donors (Lipinski definition) is 0. The summed E-state index contributed by atoms with van der Waals surface area (Å²) in [5.74, 6) is 2.13. The van der Waals surface area contributed by atoms with Gasteiger partial charge in [-0.25, -0.2) is 4.98 Å². The minimum atomic E-state index is 0.204. The van der Waals surface area contributed by atoms with Gasteiger partial charge in [0, 0.05) is 10.4 Å². The molecule has 100 valence electrons. The van der Waals surface area contributed by atoms with Crippen LogP contribution < -0.4 is 4.74 Å². The van der Waals surface area contributed by atoms with E-state index in [-0.39, 0.29) is 6.61 Å². The van der Waals surface area contributed by atoms with Crippen LogP contribution in [0, 0.1) is 0 Å². The van der Waals surface area contributed by atoms with Crippen molar-refractivity contribution in [3.05, 3.63) is 46.1 Å². The molecule has 0 aliphatic carbocycles. The Labute approximate surface area is 119 Å². The van der Waals surface area contributed by atoms with Crippen LogP contribution in [0.5, 0.6) is 5.75 Å². The van der Waals surface area contributed by atoms with Gasteiger partial charge in [0.05, 0.1) is 11.8 Å². The summed E-state index contributed by atoms with van der Waals surface area (Å²) in [7, 11) is 0. The molecule has 0 saturated heterocycles. The molecule has 0 radical (unpaired) electrons. The highest BCUT2D eigenvalue weighted by Gasteiger charge is 2.09. The maximum absolute atomic E-state index is 10.9. The van der Waals surface area contributed by atoms with Crippen LogP contribution in [0.1, 0.15) is 41.8 Å². The average Bonchev–Trinajstić information content (AvgIpc) is 2.86. The van der Waals surface area contributed by atoms with Gasteiger partial charge in [0.1, 0.15) is 11.5 Å². The maximum Gasteiger partial charge on any atom is 0.232 e. The molecule has 0 amide bonds. The van der Waals surface area contributed by atoms with Gasteiger partial charge in [0.2, 0.25) is 5.89 Å². The highest BCUT2D eigenvalue weighted by atomic mass is 79.9. The average molecular weight is 324 g/mol. The molecule has 0 unspecified atom stereocenters. The minimum Gasteiger partial charge on any atom is -0.483 e. The lowest BCUT2D eigenvalue weighted by Gasteiger charge is -2.06. The molecule has 5 heteroatoms. The summed E-state index contributed by atoms with van der Waals surface area (Å²) in [6.45, 7) is 4.27. The van der Waals surface area contributed by atoms with Crippen LogP contribution in [-0.2, 0) is 6.61 Å².